The molecule has 0 saturated heterocycles. The number of benzene rings is 1. The van der Waals surface area contributed by atoms with E-state index in [9.17, 15) is 14.4 Å². The molecule has 0 aliphatic heterocycles. The summed E-state index contributed by atoms with van der Waals surface area (Å²) in [7, 11) is 0. The van der Waals surface area contributed by atoms with Crippen molar-refractivity contribution in [3.05, 3.63) is 52.6 Å². The third-order valence-electron chi connectivity index (χ3n) is 5.16. The number of pyridine rings is 1. The number of Topliss-reactive ketones (excluding diaryl/α,β-unsaturated/α-hetero) is 1. The molecule has 3 aromatic rings. The van der Waals surface area contributed by atoms with Gasteiger partial charge in [-0.05, 0) is 30.7 Å². The van der Waals surface area contributed by atoms with Crippen LogP contribution in [-0.2, 0) is 14.4 Å². The van der Waals surface area contributed by atoms with Gasteiger partial charge in [-0.25, -0.2) is 0 Å². The minimum atomic E-state index is -1.38. The molecule has 0 radical (unpaired) electrons. The zero-order chi connectivity index (χ0) is 26.4. The van der Waals surface area contributed by atoms with Crippen molar-refractivity contribution in [1.29, 1.82) is 0 Å². The maximum atomic E-state index is 12.7. The van der Waals surface area contributed by atoms with Crippen molar-refractivity contribution in [2.75, 3.05) is 11.4 Å². The van der Waals surface area contributed by atoms with Crippen LogP contribution in [0.3, 0.4) is 0 Å². The number of amides is 1. The second-order valence-electron chi connectivity index (χ2n) is 7.63. The number of anilines is 1. The standard InChI is InChI=1S/C23H20Cl4N4O5/c24-14-2-1-3-15(25)20(14)18-11-19(36-30-18)17-10-12(6-8-29-17)31(22(33)21(26)27)9-7-13(32)4-5-16(28)23(34)35/h1-3,6,8,10-11,16,21H,4-5,7,9,28H2,(H,34,35). The van der Waals surface area contributed by atoms with Gasteiger partial charge < -0.3 is 20.3 Å². The minimum absolute atomic E-state index is 0.0154. The van der Waals surface area contributed by atoms with Gasteiger partial charge in [0.25, 0.3) is 5.91 Å². The summed E-state index contributed by atoms with van der Waals surface area (Å²) < 4.78 is 5.43. The summed E-state index contributed by atoms with van der Waals surface area (Å²) in [5, 5.41) is 13.7. The van der Waals surface area contributed by atoms with Gasteiger partial charge >= 0.3 is 5.97 Å². The lowest BCUT2D eigenvalue weighted by atomic mass is 10.1. The molecule has 0 spiro atoms. The van der Waals surface area contributed by atoms with Crippen LogP contribution in [0.1, 0.15) is 19.3 Å². The van der Waals surface area contributed by atoms with E-state index >= 15 is 0 Å². The summed E-state index contributed by atoms with van der Waals surface area (Å²) in [5.41, 5.74) is 7.03. The number of ketones is 1. The molecule has 1 aromatic carbocycles. The molecule has 0 aliphatic carbocycles. The average molecular weight is 574 g/mol. The summed E-state index contributed by atoms with van der Waals surface area (Å²) in [4.78, 5) is 39.9. The van der Waals surface area contributed by atoms with Gasteiger partial charge in [-0.3, -0.25) is 19.4 Å². The number of nitrogens with zero attached hydrogens (tertiary/aromatic N) is 3. The van der Waals surface area contributed by atoms with Crippen LogP contribution in [0.4, 0.5) is 5.69 Å². The number of carboxylic acid groups (broad SMARTS) is 1. The lowest BCUT2D eigenvalue weighted by molar-refractivity contribution is -0.138. The van der Waals surface area contributed by atoms with Crippen molar-refractivity contribution in [3.8, 4) is 22.7 Å². The van der Waals surface area contributed by atoms with E-state index in [4.69, 9.17) is 61.8 Å². The Kier molecular flexibility index (Phi) is 9.69. The van der Waals surface area contributed by atoms with Crippen molar-refractivity contribution in [1.82, 2.24) is 10.1 Å². The molecule has 0 bridgehead atoms. The van der Waals surface area contributed by atoms with Crippen molar-refractivity contribution < 1.29 is 24.0 Å². The number of hydrogen-bond donors (Lipinski definition) is 2. The molecule has 0 saturated carbocycles. The second kappa shape index (κ2) is 12.5. The van der Waals surface area contributed by atoms with Gasteiger partial charge in [0, 0.05) is 42.9 Å². The zero-order valence-electron chi connectivity index (χ0n) is 18.5. The van der Waals surface area contributed by atoms with Crippen LogP contribution in [0.2, 0.25) is 10.0 Å². The van der Waals surface area contributed by atoms with Crippen molar-refractivity contribution in [2.45, 2.75) is 30.1 Å². The first-order chi connectivity index (χ1) is 17.1. The highest BCUT2D eigenvalue weighted by molar-refractivity contribution is 6.54. The quantitative estimate of drug-likeness (QED) is 0.305. The van der Waals surface area contributed by atoms with E-state index in [1.165, 1.54) is 11.1 Å². The summed E-state index contributed by atoms with van der Waals surface area (Å²) in [6, 6.07) is 8.61. The Hall–Kier alpha value is -2.69. The number of carboxylic acids is 1. The number of aromatic nitrogens is 2. The molecule has 190 valence electrons. The maximum absolute atomic E-state index is 12.7. The predicted octanol–water partition coefficient (Wildman–Crippen LogP) is 5.00. The van der Waals surface area contributed by atoms with E-state index in [1.54, 1.807) is 36.4 Å². The van der Waals surface area contributed by atoms with Gasteiger partial charge in [0.05, 0.1) is 10.0 Å². The summed E-state index contributed by atoms with van der Waals surface area (Å²) in [5.74, 6) is -1.83. The number of carbonyl (C=O) groups excluding carboxylic acids is 2. The number of nitrogens with two attached hydrogens (primary N) is 1. The topological polar surface area (TPSA) is 140 Å². The van der Waals surface area contributed by atoms with E-state index in [0.29, 0.717) is 32.7 Å². The van der Waals surface area contributed by atoms with Crippen molar-refractivity contribution in [2.24, 2.45) is 5.73 Å². The van der Waals surface area contributed by atoms with E-state index in [-0.39, 0.29) is 37.4 Å². The minimum Gasteiger partial charge on any atom is -0.480 e. The number of alkyl halides is 2. The Bertz CT molecular complexity index is 1250. The highest BCUT2D eigenvalue weighted by Gasteiger charge is 2.24. The highest BCUT2D eigenvalue weighted by Crippen LogP contribution is 2.36. The largest absolute Gasteiger partial charge is 0.480 e. The fourth-order valence-corrected chi connectivity index (χ4v) is 4.09. The second-order valence-corrected chi connectivity index (χ2v) is 9.55. The zero-order valence-corrected chi connectivity index (χ0v) is 21.6. The Morgan fingerprint density at radius 2 is 1.75 bits per heavy atom. The third kappa shape index (κ3) is 6.96. The lowest BCUT2D eigenvalue weighted by Crippen LogP contribution is -2.37. The molecule has 3 N–H and O–H groups in total. The Balaban J connectivity index is 1.81. The number of carbonyl (C=O) groups is 3. The van der Waals surface area contributed by atoms with E-state index in [0.717, 1.165) is 0 Å². The van der Waals surface area contributed by atoms with Crippen molar-refractivity contribution in [3.63, 3.8) is 0 Å². The maximum Gasteiger partial charge on any atom is 0.320 e. The monoisotopic (exact) mass is 572 g/mol. The molecule has 13 heteroatoms. The first-order valence-corrected chi connectivity index (χ1v) is 12.2. The lowest BCUT2D eigenvalue weighted by Gasteiger charge is -2.23. The number of halogens is 4. The van der Waals surface area contributed by atoms with Crippen LogP contribution >= 0.6 is 46.4 Å². The predicted molar refractivity (Wildman–Crippen MR) is 138 cm³/mol. The van der Waals surface area contributed by atoms with Gasteiger partial charge in [0.1, 0.15) is 23.2 Å². The van der Waals surface area contributed by atoms with Gasteiger partial charge in [-0.15, -0.1) is 0 Å². The first kappa shape index (κ1) is 27.9. The average Bonchev–Trinajstić information content (AvgIpc) is 3.32. The van der Waals surface area contributed by atoms with E-state index in [2.05, 4.69) is 10.1 Å². The molecule has 1 unspecified atom stereocenters. The van der Waals surface area contributed by atoms with Crippen LogP contribution < -0.4 is 10.6 Å². The molecule has 9 nitrogen and oxygen atoms in total. The van der Waals surface area contributed by atoms with Crippen LogP contribution in [0.15, 0.2) is 47.1 Å². The molecular formula is C23H20Cl4N4O5. The molecule has 2 aromatic heterocycles. The van der Waals surface area contributed by atoms with Gasteiger partial charge in [-0.1, -0.05) is 57.6 Å². The Morgan fingerprint density at radius 3 is 2.39 bits per heavy atom. The van der Waals surface area contributed by atoms with E-state index in [1.807, 2.05) is 0 Å². The van der Waals surface area contributed by atoms with Crippen LogP contribution in [0, 0.1) is 0 Å². The number of rotatable bonds is 11. The third-order valence-corrected chi connectivity index (χ3v) is 6.16. The first-order valence-electron chi connectivity index (χ1n) is 10.6. The molecule has 36 heavy (non-hydrogen) atoms. The highest BCUT2D eigenvalue weighted by atomic mass is 35.5. The Labute approximate surface area is 226 Å². The smallest absolute Gasteiger partial charge is 0.320 e. The van der Waals surface area contributed by atoms with Gasteiger partial charge in [-0.2, -0.15) is 0 Å². The van der Waals surface area contributed by atoms with Crippen molar-refractivity contribution >= 4 is 69.8 Å². The summed E-state index contributed by atoms with van der Waals surface area (Å²) in [6.07, 6.45) is 1.32. The molecule has 1 amide bonds. The normalized spacial score (nSPS) is 11.9. The fourth-order valence-electron chi connectivity index (χ4n) is 3.26. The molecule has 2 heterocycles. The van der Waals surface area contributed by atoms with Crippen LogP contribution in [-0.4, -0.2) is 50.3 Å². The molecular weight excluding hydrogens is 554 g/mol. The molecule has 3 rings (SSSR count). The Morgan fingerprint density at radius 1 is 1.06 bits per heavy atom. The SMILES string of the molecule is NC(CCC(=O)CCN(C(=O)C(Cl)Cl)c1ccnc(-c2cc(-c3c(Cl)cccc3Cl)no2)c1)C(=O)O. The fraction of sp³-hybridized carbons (Fsp3) is 0.261. The molecule has 0 fully saturated rings. The summed E-state index contributed by atoms with van der Waals surface area (Å²) in [6.45, 7) is -0.0454. The van der Waals surface area contributed by atoms with E-state index < -0.39 is 22.8 Å². The molecule has 1 atom stereocenters. The van der Waals surface area contributed by atoms with Gasteiger partial charge in [0.2, 0.25) is 0 Å². The number of hydrogen-bond acceptors (Lipinski definition) is 7. The number of aliphatic carboxylic acids is 1. The van der Waals surface area contributed by atoms with Gasteiger partial charge in [0.15, 0.2) is 10.6 Å². The molecule has 0 aliphatic rings. The van der Waals surface area contributed by atoms with Crippen LogP contribution in [0.5, 0.6) is 0 Å². The summed E-state index contributed by atoms with van der Waals surface area (Å²) >= 11 is 24.1. The van der Waals surface area contributed by atoms with Crippen LogP contribution in [0.25, 0.3) is 22.7 Å².